The Hall–Kier alpha value is -3.03. The second-order valence-corrected chi connectivity index (χ2v) is 5.78. The summed E-state index contributed by atoms with van der Waals surface area (Å²) in [5.74, 6) is -0.253. The van der Waals surface area contributed by atoms with E-state index in [1.807, 2.05) is 0 Å². The van der Waals surface area contributed by atoms with E-state index in [2.05, 4.69) is 10.3 Å². The van der Waals surface area contributed by atoms with Crippen LogP contribution in [0.3, 0.4) is 0 Å². The van der Waals surface area contributed by atoms with Gasteiger partial charge in [-0.3, -0.25) is 9.20 Å². The highest BCUT2D eigenvalue weighted by Crippen LogP contribution is 2.32. The summed E-state index contributed by atoms with van der Waals surface area (Å²) in [5.41, 5.74) is -0.249. The van der Waals surface area contributed by atoms with Crippen molar-refractivity contribution < 1.29 is 22.7 Å². The number of pyridine rings is 1. The maximum absolute atomic E-state index is 13.3. The van der Waals surface area contributed by atoms with Gasteiger partial charge in [0.05, 0.1) is 7.11 Å². The molecule has 0 spiro atoms. The molecule has 136 valence electrons. The molecule has 26 heavy (non-hydrogen) atoms. The molecular weight excluding hydrogens is 347 g/mol. The Morgan fingerprint density at radius 2 is 2.04 bits per heavy atom. The van der Waals surface area contributed by atoms with Crippen molar-refractivity contribution in [2.75, 3.05) is 7.11 Å². The summed E-state index contributed by atoms with van der Waals surface area (Å²) in [6, 6.07) is 10.00. The third kappa shape index (κ3) is 3.49. The fourth-order valence-electron chi connectivity index (χ4n) is 2.61. The molecule has 0 aliphatic rings. The second kappa shape index (κ2) is 6.70. The number of hydrogen-bond acceptors (Lipinski definition) is 3. The van der Waals surface area contributed by atoms with Gasteiger partial charge in [-0.1, -0.05) is 18.2 Å². The minimum atomic E-state index is -4.73. The minimum absolute atomic E-state index is 0.0619. The smallest absolute Gasteiger partial charge is 0.435 e. The molecule has 1 amide bonds. The van der Waals surface area contributed by atoms with Crippen LogP contribution in [0.4, 0.5) is 13.2 Å². The van der Waals surface area contributed by atoms with Gasteiger partial charge in [0.2, 0.25) is 0 Å². The van der Waals surface area contributed by atoms with Gasteiger partial charge in [-0.25, -0.2) is 4.98 Å². The van der Waals surface area contributed by atoms with E-state index in [9.17, 15) is 18.0 Å². The first-order chi connectivity index (χ1) is 12.3. The predicted octanol–water partition coefficient (Wildman–Crippen LogP) is 3.60. The fourth-order valence-corrected chi connectivity index (χ4v) is 2.61. The molecule has 0 unspecified atom stereocenters. The van der Waals surface area contributed by atoms with Gasteiger partial charge in [0.1, 0.15) is 17.1 Å². The van der Waals surface area contributed by atoms with Crippen LogP contribution in [0.1, 0.15) is 27.3 Å². The number of amides is 1. The molecule has 8 heteroatoms. The van der Waals surface area contributed by atoms with Crippen LogP contribution in [-0.4, -0.2) is 22.4 Å². The summed E-state index contributed by atoms with van der Waals surface area (Å²) in [5, 5.41) is 2.52. The number of hydrogen-bond donors (Lipinski definition) is 1. The summed E-state index contributed by atoms with van der Waals surface area (Å²) >= 11 is 0. The number of imidazole rings is 1. The van der Waals surface area contributed by atoms with Crippen molar-refractivity contribution in [3.63, 3.8) is 0 Å². The summed E-state index contributed by atoms with van der Waals surface area (Å²) in [7, 11) is 1.51. The lowest BCUT2D eigenvalue weighted by molar-refractivity contribution is -0.141. The molecule has 5 nitrogen and oxygen atoms in total. The zero-order valence-electron chi connectivity index (χ0n) is 14.1. The van der Waals surface area contributed by atoms with E-state index in [0.29, 0.717) is 16.9 Å². The van der Waals surface area contributed by atoms with Crippen molar-refractivity contribution in [1.29, 1.82) is 0 Å². The van der Waals surface area contributed by atoms with Crippen LogP contribution in [0, 0.1) is 6.92 Å². The monoisotopic (exact) mass is 363 g/mol. The van der Waals surface area contributed by atoms with Crippen molar-refractivity contribution in [3.05, 3.63) is 65.1 Å². The molecule has 0 bridgehead atoms. The largest absolute Gasteiger partial charge is 0.497 e. The average Bonchev–Trinajstić information content (AvgIpc) is 2.99. The molecule has 0 aliphatic carbocycles. The molecule has 0 atom stereocenters. The average molecular weight is 363 g/mol. The number of alkyl halides is 3. The first-order valence-corrected chi connectivity index (χ1v) is 7.76. The number of benzene rings is 1. The lowest BCUT2D eigenvalue weighted by Crippen LogP contribution is -2.27. The number of nitrogens with zero attached hydrogens (tertiary/aromatic N) is 2. The molecule has 2 aromatic heterocycles. The Kier molecular flexibility index (Phi) is 4.58. The molecule has 0 fully saturated rings. The highest BCUT2D eigenvalue weighted by atomic mass is 19.4. The molecule has 3 aromatic rings. The summed E-state index contributed by atoms with van der Waals surface area (Å²) in [6.45, 7) is 1.79. The number of carbonyl (C=O) groups is 1. The predicted molar refractivity (Wildman–Crippen MR) is 89.1 cm³/mol. The first-order valence-electron chi connectivity index (χ1n) is 7.76. The van der Waals surface area contributed by atoms with Crippen LogP contribution < -0.4 is 10.1 Å². The number of nitrogens with one attached hydrogen (secondary N) is 1. The summed E-state index contributed by atoms with van der Waals surface area (Å²) in [6.07, 6.45) is -3.28. The number of rotatable bonds is 4. The molecule has 0 radical (unpaired) electrons. The summed E-state index contributed by atoms with van der Waals surface area (Å²) in [4.78, 5) is 16.1. The molecule has 1 N–H and O–H groups in total. The number of aryl methyl sites for hydroxylation is 1. The van der Waals surface area contributed by atoms with Gasteiger partial charge >= 0.3 is 6.18 Å². The van der Waals surface area contributed by atoms with E-state index in [1.165, 1.54) is 23.8 Å². The van der Waals surface area contributed by atoms with E-state index in [4.69, 9.17) is 4.74 Å². The minimum Gasteiger partial charge on any atom is -0.497 e. The Balaban J connectivity index is 1.95. The highest BCUT2D eigenvalue weighted by Gasteiger charge is 2.40. The van der Waals surface area contributed by atoms with Crippen molar-refractivity contribution in [2.45, 2.75) is 19.6 Å². The topological polar surface area (TPSA) is 55.6 Å². The number of methoxy groups -OCH3 is 1. The Labute approximate surface area is 147 Å². The van der Waals surface area contributed by atoms with E-state index in [-0.39, 0.29) is 12.2 Å². The highest BCUT2D eigenvalue weighted by molar-refractivity contribution is 5.95. The van der Waals surface area contributed by atoms with Crippen LogP contribution in [0.15, 0.2) is 42.6 Å². The lowest BCUT2D eigenvalue weighted by atomic mass is 10.2. The number of carbonyl (C=O) groups excluding carboxylic acids is 1. The quantitative estimate of drug-likeness (QED) is 0.771. The number of aromatic nitrogens is 2. The van der Waals surface area contributed by atoms with Crippen LogP contribution in [0.25, 0.3) is 5.65 Å². The van der Waals surface area contributed by atoms with Crippen LogP contribution in [0.5, 0.6) is 5.75 Å². The number of fused-ring (bicyclic) bond motifs is 1. The first kappa shape index (κ1) is 17.8. The van der Waals surface area contributed by atoms with Gasteiger partial charge in [0.25, 0.3) is 5.91 Å². The van der Waals surface area contributed by atoms with Gasteiger partial charge in [-0.15, -0.1) is 0 Å². The molecule has 2 heterocycles. The van der Waals surface area contributed by atoms with Gasteiger partial charge in [-0.05, 0) is 36.2 Å². The SMILES string of the molecule is COc1cccc(CNC(=O)c2c(C(F)(F)F)nc3ccc(C)cn23)c1. The summed E-state index contributed by atoms with van der Waals surface area (Å²) < 4.78 is 46.3. The third-order valence-electron chi connectivity index (χ3n) is 3.84. The maximum Gasteiger partial charge on any atom is 0.435 e. The molecule has 3 rings (SSSR count). The van der Waals surface area contributed by atoms with E-state index >= 15 is 0 Å². The van der Waals surface area contributed by atoms with Crippen LogP contribution in [0.2, 0.25) is 0 Å². The van der Waals surface area contributed by atoms with Gasteiger partial charge in [0.15, 0.2) is 5.69 Å². The maximum atomic E-state index is 13.3. The van der Waals surface area contributed by atoms with Gasteiger partial charge in [0, 0.05) is 12.7 Å². The van der Waals surface area contributed by atoms with Crippen molar-refractivity contribution >= 4 is 11.6 Å². The fraction of sp³-hybridized carbons (Fsp3) is 0.222. The Bertz CT molecular complexity index is 964. The molecule has 0 saturated heterocycles. The number of halogens is 3. The standard InChI is InChI=1S/C18H16F3N3O2/c1-11-6-7-14-23-16(18(19,20)21)15(24(14)10-11)17(25)22-9-12-4-3-5-13(8-12)26-2/h3-8,10H,9H2,1-2H3,(H,22,25). The van der Waals surface area contributed by atoms with Crippen LogP contribution in [-0.2, 0) is 12.7 Å². The van der Waals surface area contributed by atoms with Crippen molar-refractivity contribution in [3.8, 4) is 5.75 Å². The van der Waals surface area contributed by atoms with E-state index in [1.54, 1.807) is 37.3 Å². The molecule has 0 saturated carbocycles. The number of ether oxygens (including phenoxy) is 1. The van der Waals surface area contributed by atoms with Gasteiger partial charge in [-0.2, -0.15) is 13.2 Å². The van der Waals surface area contributed by atoms with Crippen molar-refractivity contribution in [1.82, 2.24) is 14.7 Å². The zero-order valence-corrected chi connectivity index (χ0v) is 14.1. The third-order valence-corrected chi connectivity index (χ3v) is 3.84. The Morgan fingerprint density at radius 3 is 2.73 bits per heavy atom. The molecule has 1 aromatic carbocycles. The molecular formula is C18H16F3N3O2. The van der Waals surface area contributed by atoms with E-state index in [0.717, 1.165) is 0 Å². The normalized spacial score (nSPS) is 11.6. The zero-order chi connectivity index (χ0) is 18.9. The van der Waals surface area contributed by atoms with E-state index < -0.39 is 23.5 Å². The van der Waals surface area contributed by atoms with Crippen LogP contribution >= 0.6 is 0 Å². The Morgan fingerprint density at radius 1 is 1.27 bits per heavy atom. The second-order valence-electron chi connectivity index (χ2n) is 5.78. The lowest BCUT2D eigenvalue weighted by Gasteiger charge is -2.10. The van der Waals surface area contributed by atoms with Crippen molar-refractivity contribution in [2.24, 2.45) is 0 Å². The molecule has 0 aliphatic heterocycles. The van der Waals surface area contributed by atoms with Gasteiger partial charge < -0.3 is 10.1 Å².